The number of rotatable bonds is 2. The largest absolute Gasteiger partial charge is 0.477 e. The van der Waals surface area contributed by atoms with Gasteiger partial charge in [-0.05, 0) is 18.2 Å². The van der Waals surface area contributed by atoms with Gasteiger partial charge in [-0.3, -0.25) is 9.59 Å². The molecule has 0 unspecified atom stereocenters. The van der Waals surface area contributed by atoms with E-state index >= 15 is 0 Å². The third-order valence-electron chi connectivity index (χ3n) is 2.77. The third kappa shape index (κ3) is 3.28. The van der Waals surface area contributed by atoms with Gasteiger partial charge in [-0.15, -0.1) is 0 Å². The predicted molar refractivity (Wildman–Crippen MR) is 77.1 cm³/mol. The second kappa shape index (κ2) is 5.92. The highest BCUT2D eigenvalue weighted by Crippen LogP contribution is 2.10. The van der Waals surface area contributed by atoms with Crippen LogP contribution >= 0.6 is 0 Å². The summed E-state index contributed by atoms with van der Waals surface area (Å²) in [5.41, 5.74) is 0.242. The molecule has 3 N–H and O–H groups in total. The number of carboxylic acids is 1. The monoisotopic (exact) mass is 284 g/mol. The minimum absolute atomic E-state index is 0.176. The lowest BCUT2D eigenvalue weighted by Gasteiger charge is -2.00. The van der Waals surface area contributed by atoms with Gasteiger partial charge in [0.05, 0.1) is 6.54 Å². The first-order valence-corrected chi connectivity index (χ1v) is 6.11. The van der Waals surface area contributed by atoms with E-state index in [1.807, 2.05) is 0 Å². The first-order chi connectivity index (χ1) is 9.99. The van der Waals surface area contributed by atoms with Crippen molar-refractivity contribution in [1.82, 2.24) is 10.3 Å². The average Bonchev–Trinajstić information content (AvgIpc) is 2.44. The highest BCUT2D eigenvalue weighted by atomic mass is 16.4. The number of H-pyrrole nitrogens is 1. The number of fused-ring (bicyclic) bond motifs is 1. The number of hydrogen-bond acceptors (Lipinski definition) is 3. The molecule has 0 atom stereocenters. The molecule has 0 bridgehead atoms. The zero-order valence-electron chi connectivity index (χ0n) is 11.2. The maximum atomic E-state index is 12.0. The Morgan fingerprint density at radius 3 is 2.81 bits per heavy atom. The number of benzene rings is 1. The fraction of sp³-hybridized carbons (Fsp3) is 0.133. The van der Waals surface area contributed by atoms with Crippen LogP contribution < -0.4 is 10.7 Å². The fourth-order valence-electron chi connectivity index (χ4n) is 1.77. The number of nitrogens with one attached hydrogen (secondary N) is 2. The van der Waals surface area contributed by atoms with Crippen LogP contribution in [0, 0.1) is 11.8 Å². The summed E-state index contributed by atoms with van der Waals surface area (Å²) in [6.45, 7) is 1.60. The standard InChI is InChI=1S/C15H12N2O4/c1-9(18)16-6-2-3-10-4-5-13-11(7-10)14(19)12(8-17-13)15(20)21/h4-5,7-8H,6H2,1H3,(H,16,18)(H,17,19)(H,20,21). The summed E-state index contributed by atoms with van der Waals surface area (Å²) in [7, 11) is 0. The maximum Gasteiger partial charge on any atom is 0.341 e. The smallest absolute Gasteiger partial charge is 0.341 e. The lowest BCUT2D eigenvalue weighted by molar-refractivity contribution is -0.118. The van der Waals surface area contributed by atoms with Gasteiger partial charge < -0.3 is 15.4 Å². The Labute approximate surface area is 119 Å². The van der Waals surface area contributed by atoms with E-state index < -0.39 is 11.4 Å². The van der Waals surface area contributed by atoms with Gasteiger partial charge in [0.1, 0.15) is 5.56 Å². The lowest BCUT2D eigenvalue weighted by Crippen LogP contribution is -2.19. The molecule has 2 rings (SSSR count). The van der Waals surface area contributed by atoms with Crippen LogP contribution in [0.1, 0.15) is 22.8 Å². The average molecular weight is 284 g/mol. The van der Waals surface area contributed by atoms with Gasteiger partial charge in [0.2, 0.25) is 11.3 Å². The van der Waals surface area contributed by atoms with Gasteiger partial charge in [0.25, 0.3) is 0 Å². The minimum atomic E-state index is -1.28. The second-order valence-corrected chi connectivity index (χ2v) is 4.31. The van der Waals surface area contributed by atoms with Crippen molar-refractivity contribution in [2.75, 3.05) is 6.54 Å². The topological polar surface area (TPSA) is 99.3 Å². The molecule has 0 saturated heterocycles. The van der Waals surface area contributed by atoms with Gasteiger partial charge in [0, 0.05) is 29.6 Å². The molecule has 1 aromatic carbocycles. The van der Waals surface area contributed by atoms with Gasteiger partial charge in [0.15, 0.2) is 0 Å². The van der Waals surface area contributed by atoms with E-state index in [0.717, 1.165) is 0 Å². The van der Waals surface area contributed by atoms with Crippen molar-refractivity contribution >= 4 is 22.8 Å². The number of carbonyl (C=O) groups is 2. The van der Waals surface area contributed by atoms with Crippen molar-refractivity contribution in [1.29, 1.82) is 0 Å². The predicted octanol–water partition coefficient (Wildman–Crippen LogP) is 0.714. The Morgan fingerprint density at radius 1 is 1.38 bits per heavy atom. The highest BCUT2D eigenvalue weighted by Gasteiger charge is 2.11. The number of aromatic carboxylic acids is 1. The number of aromatic amines is 1. The van der Waals surface area contributed by atoms with Gasteiger partial charge in [-0.2, -0.15) is 0 Å². The van der Waals surface area contributed by atoms with E-state index in [0.29, 0.717) is 11.1 Å². The van der Waals surface area contributed by atoms with Crippen LogP contribution in [0.2, 0.25) is 0 Å². The second-order valence-electron chi connectivity index (χ2n) is 4.31. The molecular formula is C15H12N2O4. The van der Waals surface area contributed by atoms with Crippen molar-refractivity contribution in [2.45, 2.75) is 6.92 Å². The quantitative estimate of drug-likeness (QED) is 0.707. The zero-order chi connectivity index (χ0) is 15.4. The number of amides is 1. The Kier molecular flexibility index (Phi) is 4.05. The number of hydrogen-bond donors (Lipinski definition) is 3. The molecule has 1 aromatic heterocycles. The molecule has 2 aromatic rings. The van der Waals surface area contributed by atoms with E-state index in [4.69, 9.17) is 5.11 Å². The van der Waals surface area contributed by atoms with Crippen molar-refractivity contribution < 1.29 is 14.7 Å². The van der Waals surface area contributed by atoms with Gasteiger partial charge >= 0.3 is 5.97 Å². The summed E-state index contributed by atoms with van der Waals surface area (Å²) < 4.78 is 0. The first kappa shape index (κ1) is 14.3. The van der Waals surface area contributed by atoms with Crippen molar-refractivity contribution in [2.24, 2.45) is 0 Å². The molecule has 0 aliphatic carbocycles. The van der Waals surface area contributed by atoms with Crippen molar-refractivity contribution in [3.63, 3.8) is 0 Å². The lowest BCUT2D eigenvalue weighted by atomic mass is 10.1. The third-order valence-corrected chi connectivity index (χ3v) is 2.77. The van der Waals surface area contributed by atoms with E-state index in [9.17, 15) is 14.4 Å². The molecule has 6 heteroatoms. The summed E-state index contributed by atoms with van der Waals surface area (Å²) in [6, 6.07) is 4.89. The highest BCUT2D eigenvalue weighted by molar-refractivity contribution is 5.92. The summed E-state index contributed by atoms with van der Waals surface area (Å²) in [6.07, 6.45) is 1.18. The summed E-state index contributed by atoms with van der Waals surface area (Å²) in [4.78, 5) is 36.4. The zero-order valence-corrected chi connectivity index (χ0v) is 11.2. The fourth-order valence-corrected chi connectivity index (χ4v) is 1.77. The summed E-state index contributed by atoms with van der Waals surface area (Å²) >= 11 is 0. The van der Waals surface area contributed by atoms with E-state index in [1.54, 1.807) is 12.1 Å². The Bertz CT molecular complexity index is 840. The Balaban J connectivity index is 2.40. The molecule has 1 amide bonds. The number of pyridine rings is 1. The molecule has 0 aliphatic heterocycles. The van der Waals surface area contributed by atoms with Crippen molar-refractivity contribution in [3.05, 3.63) is 45.7 Å². The number of aromatic nitrogens is 1. The summed E-state index contributed by atoms with van der Waals surface area (Å²) in [5.74, 6) is 4.09. The van der Waals surface area contributed by atoms with Crippen LogP contribution in [0.25, 0.3) is 10.9 Å². The van der Waals surface area contributed by atoms with Gasteiger partial charge in [-0.25, -0.2) is 4.79 Å². The summed E-state index contributed by atoms with van der Waals surface area (Å²) in [5, 5.41) is 11.7. The molecule has 0 radical (unpaired) electrons. The van der Waals surface area contributed by atoms with Crippen LogP contribution in [0.5, 0.6) is 0 Å². The van der Waals surface area contributed by atoms with Crippen LogP contribution in [0.3, 0.4) is 0 Å². The Morgan fingerprint density at radius 2 is 2.14 bits per heavy atom. The van der Waals surface area contributed by atoms with Crippen molar-refractivity contribution in [3.8, 4) is 11.8 Å². The van der Waals surface area contributed by atoms with E-state index in [2.05, 4.69) is 22.1 Å². The van der Waals surface area contributed by atoms with Crippen LogP contribution in [-0.4, -0.2) is 28.5 Å². The molecule has 6 nitrogen and oxygen atoms in total. The molecule has 0 spiro atoms. The van der Waals surface area contributed by atoms with Crippen LogP contribution in [0.4, 0.5) is 0 Å². The molecule has 0 fully saturated rings. The van der Waals surface area contributed by atoms with E-state index in [1.165, 1.54) is 19.2 Å². The number of carboxylic acid groups (broad SMARTS) is 1. The van der Waals surface area contributed by atoms with Crippen LogP contribution in [0.15, 0.2) is 29.2 Å². The Hall–Kier alpha value is -3.07. The molecule has 21 heavy (non-hydrogen) atoms. The normalized spacial score (nSPS) is 9.76. The molecule has 0 aliphatic rings. The molecule has 1 heterocycles. The molecular weight excluding hydrogens is 272 g/mol. The first-order valence-electron chi connectivity index (χ1n) is 6.11. The molecule has 0 saturated carbocycles. The van der Waals surface area contributed by atoms with Gasteiger partial charge in [-0.1, -0.05) is 11.8 Å². The van der Waals surface area contributed by atoms with Crippen LogP contribution in [-0.2, 0) is 4.79 Å². The maximum absolute atomic E-state index is 12.0. The van der Waals surface area contributed by atoms with E-state index in [-0.39, 0.29) is 23.4 Å². The molecule has 106 valence electrons. The number of carbonyl (C=O) groups excluding carboxylic acids is 1. The SMILES string of the molecule is CC(=O)NCC#Cc1ccc2[nH]cc(C(=O)O)c(=O)c2c1. The minimum Gasteiger partial charge on any atom is -0.477 e.